The number of nitrogens with zero attached hydrogens (tertiary/aromatic N) is 1. The first-order valence-electron chi connectivity index (χ1n) is 12.9. The van der Waals surface area contributed by atoms with Gasteiger partial charge in [0.15, 0.2) is 11.6 Å². The highest BCUT2D eigenvalue weighted by Gasteiger charge is 2.60. The Kier molecular flexibility index (Phi) is 8.47. The summed E-state index contributed by atoms with van der Waals surface area (Å²) in [5.74, 6) is -2.57. The van der Waals surface area contributed by atoms with Crippen LogP contribution >= 0.6 is 0 Å². The van der Waals surface area contributed by atoms with Crippen LogP contribution in [0.4, 0.5) is 9.59 Å². The van der Waals surface area contributed by atoms with E-state index in [4.69, 9.17) is 37.9 Å². The molecular formula is C26H43NO11. The SMILES string of the molecule is COC(=O)C(C[C@H]1O[C@H]([C@H]2COC(C)(C)O2)[C@@H]2OC(C)(C)O[C@@H]21)N(C(=O)OC(C)(C)C)C(=O)OC(C)(C)C. The molecule has 0 spiro atoms. The summed E-state index contributed by atoms with van der Waals surface area (Å²) in [5, 5.41) is 0. The van der Waals surface area contributed by atoms with E-state index in [1.165, 1.54) is 7.11 Å². The molecule has 3 saturated heterocycles. The second-order valence-electron chi connectivity index (χ2n) is 12.7. The van der Waals surface area contributed by atoms with Gasteiger partial charge in [-0.1, -0.05) is 0 Å². The average Bonchev–Trinajstić information content (AvgIpc) is 3.34. The monoisotopic (exact) mass is 545 g/mol. The molecule has 1 unspecified atom stereocenters. The van der Waals surface area contributed by atoms with Gasteiger partial charge in [0.1, 0.15) is 41.7 Å². The van der Waals surface area contributed by atoms with Crippen LogP contribution in [0.15, 0.2) is 0 Å². The molecule has 38 heavy (non-hydrogen) atoms. The Balaban J connectivity index is 1.93. The summed E-state index contributed by atoms with van der Waals surface area (Å²) in [6, 6.07) is -1.43. The van der Waals surface area contributed by atoms with Gasteiger partial charge in [-0.25, -0.2) is 14.4 Å². The van der Waals surface area contributed by atoms with Crippen molar-refractivity contribution in [3.05, 3.63) is 0 Å². The summed E-state index contributed by atoms with van der Waals surface area (Å²) in [7, 11) is 1.17. The van der Waals surface area contributed by atoms with Crippen LogP contribution in [0, 0.1) is 0 Å². The number of esters is 1. The van der Waals surface area contributed by atoms with Gasteiger partial charge >= 0.3 is 18.2 Å². The highest BCUT2D eigenvalue weighted by Crippen LogP contribution is 2.43. The number of carbonyl (C=O) groups is 3. The minimum absolute atomic E-state index is 0.154. The van der Waals surface area contributed by atoms with Gasteiger partial charge < -0.3 is 37.9 Å². The van der Waals surface area contributed by atoms with E-state index >= 15 is 0 Å². The summed E-state index contributed by atoms with van der Waals surface area (Å²) < 4.78 is 46.3. The Morgan fingerprint density at radius 2 is 1.37 bits per heavy atom. The molecule has 2 amide bonds. The third-order valence-electron chi connectivity index (χ3n) is 6.00. The van der Waals surface area contributed by atoms with Crippen LogP contribution < -0.4 is 0 Å². The minimum atomic E-state index is -1.43. The molecule has 0 aromatic carbocycles. The lowest BCUT2D eigenvalue weighted by Gasteiger charge is -2.33. The molecule has 0 bridgehead atoms. The van der Waals surface area contributed by atoms with Crippen LogP contribution in [0.5, 0.6) is 0 Å². The number of hydrogen-bond donors (Lipinski definition) is 0. The molecule has 0 radical (unpaired) electrons. The zero-order valence-electron chi connectivity index (χ0n) is 24.3. The van der Waals surface area contributed by atoms with Gasteiger partial charge in [-0.15, -0.1) is 0 Å². The maximum atomic E-state index is 13.3. The number of carbonyl (C=O) groups excluding carboxylic acids is 3. The van der Waals surface area contributed by atoms with E-state index in [0.717, 1.165) is 0 Å². The van der Waals surface area contributed by atoms with E-state index in [9.17, 15) is 14.4 Å². The first-order valence-corrected chi connectivity index (χ1v) is 12.9. The van der Waals surface area contributed by atoms with Crippen molar-refractivity contribution >= 4 is 18.2 Å². The summed E-state index contributed by atoms with van der Waals surface area (Å²) in [6.07, 6.45) is -5.21. The van der Waals surface area contributed by atoms with Crippen molar-refractivity contribution in [2.24, 2.45) is 0 Å². The smallest absolute Gasteiger partial charge is 0.420 e. The number of imide groups is 1. The largest absolute Gasteiger partial charge is 0.467 e. The van der Waals surface area contributed by atoms with Crippen molar-refractivity contribution < 1.29 is 52.3 Å². The third-order valence-corrected chi connectivity index (χ3v) is 6.00. The molecule has 0 aromatic heterocycles. The number of methoxy groups -OCH3 is 1. The average molecular weight is 546 g/mol. The van der Waals surface area contributed by atoms with Crippen LogP contribution in [-0.2, 0) is 42.7 Å². The van der Waals surface area contributed by atoms with Crippen LogP contribution in [0.2, 0.25) is 0 Å². The molecule has 3 heterocycles. The predicted octanol–water partition coefficient (Wildman–Crippen LogP) is 3.53. The Labute approximate surface area is 224 Å². The molecule has 3 fully saturated rings. The molecule has 218 valence electrons. The van der Waals surface area contributed by atoms with E-state index < -0.39 is 77.5 Å². The van der Waals surface area contributed by atoms with Gasteiger partial charge in [0.25, 0.3) is 0 Å². The molecule has 3 rings (SSSR count). The lowest BCUT2D eigenvalue weighted by Crippen LogP contribution is -2.54. The van der Waals surface area contributed by atoms with E-state index in [0.29, 0.717) is 4.90 Å². The van der Waals surface area contributed by atoms with E-state index in [1.54, 1.807) is 69.2 Å². The Bertz CT molecular complexity index is 876. The molecule has 3 aliphatic heterocycles. The Morgan fingerprint density at radius 3 is 1.82 bits per heavy atom. The number of fused-ring (bicyclic) bond motifs is 1. The van der Waals surface area contributed by atoms with Gasteiger partial charge in [0.2, 0.25) is 0 Å². The Hall–Kier alpha value is -1.99. The van der Waals surface area contributed by atoms with E-state index in [2.05, 4.69) is 0 Å². The Morgan fingerprint density at radius 1 is 0.842 bits per heavy atom. The molecule has 6 atom stereocenters. The molecule has 0 aromatic rings. The standard InChI is InChI=1S/C26H43NO11/c1-23(2,3)37-21(29)27(22(30)38-24(4,5)6)14(20(28)31-11)12-15-18-19(36-26(9,10)35-18)17(33-15)16-13-32-25(7,8)34-16/h14-19H,12-13H2,1-11H3/t14?,15-,16-,17-,18-,19+/m1/s1. The minimum Gasteiger partial charge on any atom is -0.467 e. The number of hydrogen-bond acceptors (Lipinski definition) is 11. The van der Waals surface area contributed by atoms with E-state index in [1.807, 2.05) is 0 Å². The van der Waals surface area contributed by atoms with Crippen LogP contribution in [0.3, 0.4) is 0 Å². The van der Waals surface area contributed by atoms with Crippen molar-refractivity contribution in [1.82, 2.24) is 4.90 Å². The maximum Gasteiger partial charge on any atom is 0.420 e. The van der Waals surface area contributed by atoms with Crippen LogP contribution in [0.1, 0.15) is 75.7 Å². The molecule has 12 nitrogen and oxygen atoms in total. The lowest BCUT2D eigenvalue weighted by atomic mass is 9.99. The third kappa shape index (κ3) is 7.35. The highest BCUT2D eigenvalue weighted by molar-refractivity contribution is 5.94. The van der Waals surface area contributed by atoms with Crippen LogP contribution in [-0.4, -0.2) is 96.1 Å². The zero-order chi connectivity index (χ0) is 28.8. The van der Waals surface area contributed by atoms with Gasteiger partial charge in [0.05, 0.1) is 19.8 Å². The fourth-order valence-electron chi connectivity index (χ4n) is 4.70. The predicted molar refractivity (Wildman–Crippen MR) is 132 cm³/mol. The van der Waals surface area contributed by atoms with Crippen molar-refractivity contribution in [3.8, 4) is 0 Å². The van der Waals surface area contributed by atoms with Crippen molar-refractivity contribution in [1.29, 1.82) is 0 Å². The van der Waals surface area contributed by atoms with Gasteiger partial charge in [-0.2, -0.15) is 4.90 Å². The zero-order valence-corrected chi connectivity index (χ0v) is 24.3. The maximum absolute atomic E-state index is 13.3. The van der Waals surface area contributed by atoms with Crippen molar-refractivity contribution in [2.75, 3.05) is 13.7 Å². The van der Waals surface area contributed by atoms with Gasteiger partial charge in [-0.3, -0.25) is 0 Å². The molecule has 0 aliphatic carbocycles. The van der Waals surface area contributed by atoms with E-state index in [-0.39, 0.29) is 13.0 Å². The normalized spacial score (nSPS) is 30.9. The first kappa shape index (κ1) is 30.6. The molecular weight excluding hydrogens is 502 g/mol. The quantitative estimate of drug-likeness (QED) is 0.372. The summed E-state index contributed by atoms with van der Waals surface area (Å²) in [6.45, 7) is 17.3. The lowest BCUT2D eigenvalue weighted by molar-refractivity contribution is -0.208. The second-order valence-corrected chi connectivity index (χ2v) is 12.7. The van der Waals surface area contributed by atoms with Crippen LogP contribution in [0.25, 0.3) is 0 Å². The molecule has 12 heteroatoms. The molecule has 0 saturated carbocycles. The number of amides is 2. The first-order chi connectivity index (χ1) is 17.2. The summed E-state index contributed by atoms with van der Waals surface area (Å²) in [4.78, 5) is 40.2. The fraction of sp³-hybridized carbons (Fsp3) is 0.885. The molecule has 3 aliphatic rings. The van der Waals surface area contributed by atoms with Crippen molar-refractivity contribution in [3.63, 3.8) is 0 Å². The second kappa shape index (κ2) is 10.5. The van der Waals surface area contributed by atoms with Gasteiger partial charge in [-0.05, 0) is 69.2 Å². The fourth-order valence-corrected chi connectivity index (χ4v) is 4.70. The number of rotatable bonds is 5. The summed E-state index contributed by atoms with van der Waals surface area (Å²) in [5.41, 5.74) is -1.89. The number of ether oxygens (including phenoxy) is 8. The van der Waals surface area contributed by atoms with Crippen molar-refractivity contribution in [2.45, 2.75) is 135 Å². The van der Waals surface area contributed by atoms with Gasteiger partial charge in [0, 0.05) is 6.42 Å². The topological polar surface area (TPSA) is 128 Å². The highest BCUT2D eigenvalue weighted by atomic mass is 16.8. The summed E-state index contributed by atoms with van der Waals surface area (Å²) >= 11 is 0. The molecule has 0 N–H and O–H groups in total.